The maximum atomic E-state index is 2.55. The molecule has 0 aliphatic rings. The molecule has 12 rings (SSSR count). The largest absolute Gasteiger partial charge is 0.308 e. The first-order chi connectivity index (χ1) is 34.0. The molecule has 1 heterocycles. The monoisotopic (exact) mass is 879 g/mol. The molecule has 69 heavy (non-hydrogen) atoms. The van der Waals surface area contributed by atoms with Crippen LogP contribution in [0.5, 0.6) is 0 Å². The van der Waals surface area contributed by atoms with Crippen molar-refractivity contribution >= 4 is 21.8 Å². The molecule has 0 atom stereocenters. The Hall–Kier alpha value is -8.78. The molecule has 0 aliphatic carbocycles. The van der Waals surface area contributed by atoms with Crippen molar-refractivity contribution in [1.82, 2.24) is 4.57 Å². The summed E-state index contributed by atoms with van der Waals surface area (Å²) >= 11 is 0. The van der Waals surface area contributed by atoms with Crippen LogP contribution in [0.3, 0.4) is 0 Å². The molecule has 1 heteroatoms. The van der Waals surface area contributed by atoms with E-state index in [9.17, 15) is 0 Å². The van der Waals surface area contributed by atoms with E-state index in [0.717, 1.165) is 5.69 Å². The molecule has 0 spiro atoms. The molecule has 0 fully saturated rings. The number of hydrogen-bond acceptors (Lipinski definition) is 0. The first-order valence-corrected chi connectivity index (χ1v) is 23.9. The van der Waals surface area contributed by atoms with E-state index >= 15 is 0 Å². The van der Waals surface area contributed by atoms with Gasteiger partial charge in [-0.15, -0.1) is 0 Å². The Balaban J connectivity index is 1.13. The van der Waals surface area contributed by atoms with Crippen LogP contribution in [0.4, 0.5) is 0 Å². The van der Waals surface area contributed by atoms with Gasteiger partial charge in [-0.2, -0.15) is 0 Å². The number of hydrogen-bond donors (Lipinski definition) is 0. The van der Waals surface area contributed by atoms with Crippen molar-refractivity contribution in [2.24, 2.45) is 0 Å². The van der Waals surface area contributed by atoms with E-state index in [1.165, 1.54) is 122 Å². The molecule has 0 N–H and O–H groups in total. The second-order valence-electron chi connectivity index (χ2n) is 18.2. The molecule has 326 valence electrons. The predicted molar refractivity (Wildman–Crippen MR) is 294 cm³/mol. The molecule has 12 aromatic rings. The molecule has 0 unspecified atom stereocenters. The van der Waals surface area contributed by atoms with Gasteiger partial charge in [-0.3, -0.25) is 0 Å². The summed E-state index contributed by atoms with van der Waals surface area (Å²) < 4.78 is 2.55. The molecule has 0 radical (unpaired) electrons. The minimum Gasteiger partial charge on any atom is -0.308 e. The highest BCUT2D eigenvalue weighted by molar-refractivity contribution is 6.19. The third-order valence-electron chi connectivity index (χ3n) is 13.6. The Morgan fingerprint density at radius 3 is 0.826 bits per heavy atom. The minimum atomic E-state index is 1.12. The summed E-state index contributed by atoms with van der Waals surface area (Å²) in [4.78, 5) is 0. The third kappa shape index (κ3) is 7.84. The summed E-state index contributed by atoms with van der Waals surface area (Å²) in [6.45, 7) is 4.49. The van der Waals surface area contributed by atoms with E-state index in [0.29, 0.717) is 0 Å². The van der Waals surface area contributed by atoms with Crippen molar-refractivity contribution in [3.8, 4) is 94.7 Å². The van der Waals surface area contributed by atoms with E-state index in [1.807, 2.05) is 0 Å². The highest BCUT2D eigenvalue weighted by Crippen LogP contribution is 2.47. The Kier molecular flexibility index (Phi) is 10.7. The smallest absolute Gasteiger partial charge is 0.0620 e. The van der Waals surface area contributed by atoms with Gasteiger partial charge in [0, 0.05) is 27.6 Å². The second kappa shape index (κ2) is 17.8. The summed E-state index contributed by atoms with van der Waals surface area (Å²) in [7, 11) is 0. The molecule has 0 saturated heterocycles. The van der Waals surface area contributed by atoms with Crippen LogP contribution in [-0.4, -0.2) is 4.57 Å². The Labute approximate surface area is 404 Å². The van der Waals surface area contributed by atoms with Crippen LogP contribution < -0.4 is 0 Å². The van der Waals surface area contributed by atoms with Gasteiger partial charge in [0.25, 0.3) is 0 Å². The zero-order valence-corrected chi connectivity index (χ0v) is 38.8. The highest BCUT2D eigenvalue weighted by Gasteiger charge is 2.24. The average molecular weight is 880 g/mol. The number of nitrogens with zero attached hydrogens (tertiary/aromatic N) is 1. The number of aromatic nitrogens is 1. The quantitative estimate of drug-likeness (QED) is 0.136. The van der Waals surface area contributed by atoms with Crippen LogP contribution in [0.15, 0.2) is 261 Å². The topological polar surface area (TPSA) is 4.93 Å². The molecule has 11 aromatic carbocycles. The first kappa shape index (κ1) is 41.6. The SMILES string of the molecule is Cc1cc(-c2ccccc2-c2cc(-c3ccccc3)cc(-c3ccccc3)c2)c2c(c1)c1cc(C)cc(-c3ccccc3-c3cc(-c4ccccc4)cc(-c4ccccc4)c3)c1n2-c1ccccc1. The standard InChI is InChI=1S/C68H49N/c1-46-36-63(61-34-20-18-32-59(61)56-42-52(48-22-8-3-9-23-48)40-53(43-56)49-24-10-4-11-25-49)67-65(38-46)66-39-47(2)37-64(68(66)69(67)58-30-16-7-17-31-58)62-35-21-19-33-60(62)57-44-54(50-26-12-5-13-27-50)41-55(45-57)51-28-14-6-15-29-51/h3-45H,1-2H3. The summed E-state index contributed by atoms with van der Waals surface area (Å²) in [6, 6.07) is 95.8. The van der Waals surface area contributed by atoms with Gasteiger partial charge in [0.05, 0.1) is 11.0 Å². The molecular weight excluding hydrogens is 831 g/mol. The lowest BCUT2D eigenvalue weighted by Crippen LogP contribution is -1.99. The van der Waals surface area contributed by atoms with Crippen LogP contribution in [0.25, 0.3) is 117 Å². The Morgan fingerprint density at radius 2 is 0.493 bits per heavy atom. The van der Waals surface area contributed by atoms with Crippen molar-refractivity contribution in [2.75, 3.05) is 0 Å². The summed E-state index contributed by atoms with van der Waals surface area (Å²) in [6.07, 6.45) is 0. The predicted octanol–water partition coefficient (Wildman–Crippen LogP) is 18.7. The summed E-state index contributed by atoms with van der Waals surface area (Å²) in [5, 5.41) is 2.48. The average Bonchev–Trinajstić information content (AvgIpc) is 3.75. The maximum absolute atomic E-state index is 2.55. The maximum Gasteiger partial charge on any atom is 0.0620 e. The molecule has 0 aliphatic heterocycles. The van der Waals surface area contributed by atoms with Gasteiger partial charge in [-0.25, -0.2) is 0 Å². The van der Waals surface area contributed by atoms with E-state index in [4.69, 9.17) is 0 Å². The zero-order chi connectivity index (χ0) is 46.3. The lowest BCUT2D eigenvalue weighted by atomic mass is 9.88. The normalized spacial score (nSPS) is 11.3. The Bertz CT molecular complexity index is 3460. The summed E-state index contributed by atoms with van der Waals surface area (Å²) in [5.41, 5.74) is 25.0. The lowest BCUT2D eigenvalue weighted by molar-refractivity contribution is 1.18. The van der Waals surface area contributed by atoms with Crippen LogP contribution in [0, 0.1) is 13.8 Å². The van der Waals surface area contributed by atoms with E-state index < -0.39 is 0 Å². The molecular formula is C68H49N. The molecule has 0 saturated carbocycles. The fourth-order valence-corrected chi connectivity index (χ4v) is 10.5. The van der Waals surface area contributed by atoms with Crippen molar-refractivity contribution in [2.45, 2.75) is 13.8 Å². The fourth-order valence-electron chi connectivity index (χ4n) is 10.5. The summed E-state index contributed by atoms with van der Waals surface area (Å²) in [5.74, 6) is 0. The molecule has 1 aromatic heterocycles. The van der Waals surface area contributed by atoms with Gasteiger partial charge >= 0.3 is 0 Å². The number of fused-ring (bicyclic) bond motifs is 3. The van der Waals surface area contributed by atoms with Gasteiger partial charge < -0.3 is 4.57 Å². The minimum absolute atomic E-state index is 1.12. The molecule has 0 amide bonds. The van der Waals surface area contributed by atoms with Crippen molar-refractivity contribution < 1.29 is 0 Å². The number of para-hydroxylation sites is 1. The van der Waals surface area contributed by atoms with Crippen LogP contribution in [0.1, 0.15) is 11.1 Å². The van der Waals surface area contributed by atoms with Crippen LogP contribution >= 0.6 is 0 Å². The van der Waals surface area contributed by atoms with Gasteiger partial charge in [0.2, 0.25) is 0 Å². The van der Waals surface area contributed by atoms with E-state index in [1.54, 1.807) is 0 Å². The van der Waals surface area contributed by atoms with Crippen LogP contribution in [0.2, 0.25) is 0 Å². The van der Waals surface area contributed by atoms with E-state index in [2.05, 4.69) is 279 Å². The van der Waals surface area contributed by atoms with Gasteiger partial charge in [-0.1, -0.05) is 188 Å². The highest BCUT2D eigenvalue weighted by atomic mass is 15.0. The van der Waals surface area contributed by atoms with Gasteiger partial charge in [0.1, 0.15) is 0 Å². The number of rotatable bonds is 9. The first-order valence-electron chi connectivity index (χ1n) is 23.9. The third-order valence-corrected chi connectivity index (χ3v) is 13.6. The molecule has 1 nitrogen and oxygen atoms in total. The lowest BCUT2D eigenvalue weighted by Gasteiger charge is -2.19. The molecule has 0 bridgehead atoms. The zero-order valence-electron chi connectivity index (χ0n) is 38.8. The number of aryl methyl sites for hydroxylation is 2. The number of benzene rings is 11. The van der Waals surface area contributed by atoms with Crippen molar-refractivity contribution in [3.05, 3.63) is 272 Å². The van der Waals surface area contributed by atoms with E-state index in [-0.39, 0.29) is 0 Å². The van der Waals surface area contributed by atoms with Crippen LogP contribution in [-0.2, 0) is 0 Å². The van der Waals surface area contributed by atoms with Crippen molar-refractivity contribution in [1.29, 1.82) is 0 Å². The van der Waals surface area contributed by atoms with Gasteiger partial charge in [0.15, 0.2) is 0 Å². The second-order valence-corrected chi connectivity index (χ2v) is 18.2. The fraction of sp³-hybridized carbons (Fsp3) is 0.0294. The van der Waals surface area contributed by atoms with Crippen molar-refractivity contribution in [3.63, 3.8) is 0 Å². The Morgan fingerprint density at radius 1 is 0.217 bits per heavy atom. The van der Waals surface area contributed by atoms with Gasteiger partial charge in [-0.05, 0) is 176 Å².